The van der Waals surface area contributed by atoms with E-state index in [1.165, 1.54) is 0 Å². The molecule has 0 aliphatic rings. The van der Waals surface area contributed by atoms with E-state index in [-0.39, 0.29) is 0 Å². The Morgan fingerprint density at radius 2 is 1.89 bits per heavy atom. The average molecular weight is 344 g/mol. The Bertz CT molecular complexity index is 401. The number of hydrogen-bond acceptors (Lipinski definition) is 2. The minimum Gasteiger partial charge on any atom is -0.417 e. The fourth-order valence-electron chi connectivity index (χ4n) is 1.54. The highest BCUT2D eigenvalue weighted by molar-refractivity contribution is 9.10. The predicted octanol–water partition coefficient (Wildman–Crippen LogP) is 5.19. The topological polar surface area (TPSA) is 22.1 Å². The van der Waals surface area contributed by atoms with E-state index in [4.69, 9.17) is 4.43 Å². The van der Waals surface area contributed by atoms with Crippen molar-refractivity contribution in [1.82, 2.24) is 4.98 Å². The van der Waals surface area contributed by atoms with Gasteiger partial charge in [-0.15, -0.1) is 0 Å². The number of pyridine rings is 1. The second-order valence-electron chi connectivity index (χ2n) is 6.52. The number of halogens is 1. The van der Waals surface area contributed by atoms with Crippen molar-refractivity contribution in [2.45, 2.75) is 58.2 Å². The monoisotopic (exact) mass is 343 g/mol. The van der Waals surface area contributed by atoms with Gasteiger partial charge in [0, 0.05) is 12.3 Å². The first kappa shape index (κ1) is 16.9. The molecule has 0 aliphatic heterocycles. The number of aryl methyl sites for hydroxylation is 1. The van der Waals surface area contributed by atoms with Crippen LogP contribution in [0.25, 0.3) is 0 Å². The van der Waals surface area contributed by atoms with Crippen molar-refractivity contribution in [3.05, 3.63) is 28.5 Å². The smallest absolute Gasteiger partial charge is 0.191 e. The largest absolute Gasteiger partial charge is 0.417 e. The third kappa shape index (κ3) is 5.75. The SMILES string of the molecule is CC(C)(C)[Si](C)(C)OCCCCc1cccc(Br)n1. The quantitative estimate of drug-likeness (QED) is 0.403. The average Bonchev–Trinajstić information content (AvgIpc) is 2.27. The van der Waals surface area contributed by atoms with Crippen LogP contribution < -0.4 is 0 Å². The van der Waals surface area contributed by atoms with Gasteiger partial charge in [-0.3, -0.25) is 0 Å². The van der Waals surface area contributed by atoms with Crippen molar-refractivity contribution < 1.29 is 4.43 Å². The lowest BCUT2D eigenvalue weighted by atomic mass is 10.2. The number of unbranched alkanes of at least 4 members (excludes halogenated alkanes) is 1. The van der Waals surface area contributed by atoms with Gasteiger partial charge < -0.3 is 4.43 Å². The van der Waals surface area contributed by atoms with Gasteiger partial charge in [0.15, 0.2) is 8.32 Å². The molecule has 0 spiro atoms. The highest BCUT2D eigenvalue weighted by atomic mass is 79.9. The first-order chi connectivity index (χ1) is 8.72. The van der Waals surface area contributed by atoms with E-state index in [0.717, 1.165) is 36.2 Å². The summed E-state index contributed by atoms with van der Waals surface area (Å²) in [4.78, 5) is 4.44. The standard InChI is InChI=1S/C15H26BrNOSi/c1-15(2,3)19(4,5)18-12-7-6-9-13-10-8-11-14(16)17-13/h8,10-11H,6-7,9,12H2,1-5H3. The Labute approximate surface area is 127 Å². The van der Waals surface area contributed by atoms with Crippen LogP contribution in [0, 0.1) is 0 Å². The van der Waals surface area contributed by atoms with Crippen molar-refractivity contribution in [1.29, 1.82) is 0 Å². The lowest BCUT2D eigenvalue weighted by Gasteiger charge is -2.36. The zero-order valence-corrected chi connectivity index (χ0v) is 15.4. The van der Waals surface area contributed by atoms with E-state index < -0.39 is 8.32 Å². The first-order valence-electron chi connectivity index (χ1n) is 6.98. The number of nitrogens with zero attached hydrogens (tertiary/aromatic N) is 1. The van der Waals surface area contributed by atoms with E-state index in [2.05, 4.69) is 60.8 Å². The lowest BCUT2D eigenvalue weighted by molar-refractivity contribution is 0.279. The molecule has 0 N–H and O–H groups in total. The number of aromatic nitrogens is 1. The molecular weight excluding hydrogens is 318 g/mol. The normalized spacial score (nSPS) is 12.7. The Hall–Kier alpha value is -0.193. The summed E-state index contributed by atoms with van der Waals surface area (Å²) in [5, 5.41) is 0.304. The highest BCUT2D eigenvalue weighted by Crippen LogP contribution is 2.36. The zero-order chi connectivity index (χ0) is 14.5. The molecule has 1 aromatic heterocycles. The molecule has 0 saturated heterocycles. The van der Waals surface area contributed by atoms with Crippen LogP contribution in [-0.4, -0.2) is 19.9 Å². The van der Waals surface area contributed by atoms with Crippen molar-refractivity contribution in [3.63, 3.8) is 0 Å². The fourth-order valence-corrected chi connectivity index (χ4v) is 3.01. The molecule has 0 atom stereocenters. The molecule has 0 radical (unpaired) electrons. The van der Waals surface area contributed by atoms with Crippen LogP contribution in [-0.2, 0) is 10.8 Å². The van der Waals surface area contributed by atoms with Crippen molar-refractivity contribution in [2.24, 2.45) is 0 Å². The van der Waals surface area contributed by atoms with Crippen LogP contribution in [0.5, 0.6) is 0 Å². The van der Waals surface area contributed by atoms with Crippen LogP contribution in [0.1, 0.15) is 39.3 Å². The molecule has 0 bridgehead atoms. The van der Waals surface area contributed by atoms with Gasteiger partial charge in [-0.2, -0.15) is 0 Å². The summed E-state index contributed by atoms with van der Waals surface area (Å²) in [5.74, 6) is 0. The zero-order valence-electron chi connectivity index (χ0n) is 12.8. The summed E-state index contributed by atoms with van der Waals surface area (Å²) < 4.78 is 7.08. The van der Waals surface area contributed by atoms with Gasteiger partial charge in [0.2, 0.25) is 0 Å². The fraction of sp³-hybridized carbons (Fsp3) is 0.667. The number of hydrogen-bond donors (Lipinski definition) is 0. The van der Waals surface area contributed by atoms with E-state index in [1.54, 1.807) is 0 Å². The molecule has 0 unspecified atom stereocenters. The highest BCUT2D eigenvalue weighted by Gasteiger charge is 2.36. The molecule has 2 nitrogen and oxygen atoms in total. The number of rotatable bonds is 6. The summed E-state index contributed by atoms with van der Waals surface area (Å²) in [7, 11) is -1.57. The lowest BCUT2D eigenvalue weighted by Crippen LogP contribution is -2.40. The van der Waals surface area contributed by atoms with Gasteiger partial charge in [-0.1, -0.05) is 26.8 Å². The van der Waals surface area contributed by atoms with E-state index in [1.807, 2.05) is 12.1 Å². The molecule has 0 aliphatic carbocycles. The molecule has 0 aromatic carbocycles. The summed E-state index contributed by atoms with van der Waals surface area (Å²) in [6.07, 6.45) is 3.28. The van der Waals surface area contributed by atoms with Gasteiger partial charge in [0.25, 0.3) is 0 Å². The summed E-state index contributed by atoms with van der Waals surface area (Å²) in [5.41, 5.74) is 1.15. The van der Waals surface area contributed by atoms with Crippen molar-refractivity contribution in [3.8, 4) is 0 Å². The minimum absolute atomic E-state index is 0.304. The van der Waals surface area contributed by atoms with Crippen LogP contribution in [0.3, 0.4) is 0 Å². The van der Waals surface area contributed by atoms with Gasteiger partial charge >= 0.3 is 0 Å². The first-order valence-corrected chi connectivity index (χ1v) is 10.7. The maximum atomic E-state index is 6.16. The van der Waals surface area contributed by atoms with Crippen LogP contribution >= 0.6 is 15.9 Å². The van der Waals surface area contributed by atoms with E-state index in [0.29, 0.717) is 5.04 Å². The molecular formula is C15H26BrNOSi. The molecule has 0 amide bonds. The predicted molar refractivity (Wildman–Crippen MR) is 88.0 cm³/mol. The molecule has 108 valence electrons. The van der Waals surface area contributed by atoms with Gasteiger partial charge in [-0.05, 0) is 65.5 Å². The Morgan fingerprint density at radius 1 is 1.21 bits per heavy atom. The molecule has 1 aromatic rings. The molecule has 4 heteroatoms. The third-order valence-corrected chi connectivity index (χ3v) is 8.85. The summed E-state index contributed by atoms with van der Waals surface area (Å²) in [6.45, 7) is 12.3. The third-order valence-electron chi connectivity index (χ3n) is 3.87. The molecule has 0 saturated carbocycles. The van der Waals surface area contributed by atoms with E-state index >= 15 is 0 Å². The minimum atomic E-state index is -1.57. The second kappa shape index (κ2) is 7.00. The van der Waals surface area contributed by atoms with Crippen LogP contribution in [0.15, 0.2) is 22.8 Å². The van der Waals surface area contributed by atoms with Gasteiger partial charge in [0.1, 0.15) is 4.60 Å². The maximum Gasteiger partial charge on any atom is 0.191 e. The van der Waals surface area contributed by atoms with Crippen molar-refractivity contribution in [2.75, 3.05) is 6.61 Å². The molecule has 0 fully saturated rings. The second-order valence-corrected chi connectivity index (χ2v) is 12.1. The van der Waals surface area contributed by atoms with E-state index in [9.17, 15) is 0 Å². The summed E-state index contributed by atoms with van der Waals surface area (Å²) >= 11 is 3.40. The summed E-state index contributed by atoms with van der Waals surface area (Å²) in [6, 6.07) is 6.09. The van der Waals surface area contributed by atoms with Gasteiger partial charge in [-0.25, -0.2) is 4.98 Å². The Kier molecular flexibility index (Phi) is 6.21. The van der Waals surface area contributed by atoms with Crippen molar-refractivity contribution >= 4 is 24.2 Å². The maximum absolute atomic E-state index is 6.16. The Balaban J connectivity index is 2.25. The van der Waals surface area contributed by atoms with Crippen LogP contribution in [0.2, 0.25) is 18.1 Å². The molecule has 1 heterocycles. The van der Waals surface area contributed by atoms with Crippen LogP contribution in [0.4, 0.5) is 0 Å². The Morgan fingerprint density at radius 3 is 2.47 bits per heavy atom. The molecule has 19 heavy (non-hydrogen) atoms. The van der Waals surface area contributed by atoms with Gasteiger partial charge in [0.05, 0.1) is 0 Å². The molecule has 1 rings (SSSR count).